The molecule has 2 nitrogen and oxygen atoms in total. The second-order valence-electron chi connectivity index (χ2n) is 3.19. The number of hydrogen-bond acceptors (Lipinski definition) is 2. The van der Waals surface area contributed by atoms with Crippen LogP contribution in [0.5, 0.6) is 11.5 Å². The van der Waals surface area contributed by atoms with Gasteiger partial charge in [-0.3, -0.25) is 0 Å². The third-order valence-electron chi connectivity index (χ3n) is 1.87. The Balaban J connectivity index is 2.75. The molecule has 0 N–H and O–H groups in total. The van der Waals surface area contributed by atoms with Crippen molar-refractivity contribution < 1.29 is 9.47 Å². The number of rotatable bonds is 6. The molecule has 0 heterocycles. The first-order valence-corrected chi connectivity index (χ1v) is 7.00. The number of halogens is 5. The molecule has 0 spiro atoms. The summed E-state index contributed by atoms with van der Waals surface area (Å²) in [5.74, 6) is 0.859. The maximum atomic E-state index is 6.04. The third-order valence-corrected chi connectivity index (χ3v) is 2.92. The van der Waals surface area contributed by atoms with E-state index in [2.05, 4.69) is 0 Å². The van der Waals surface area contributed by atoms with E-state index in [0.29, 0.717) is 21.5 Å². The SMILES string of the molecule is ClC=CCOc1c(Cl)cc(OCC=C(Cl)Cl)cc1Cl. The second-order valence-corrected chi connectivity index (χ2v) is 5.27. The van der Waals surface area contributed by atoms with Gasteiger partial charge in [-0.05, 0) is 12.2 Å². The fraction of sp³-hybridized carbons (Fsp3) is 0.167. The molecule has 0 saturated heterocycles. The van der Waals surface area contributed by atoms with Gasteiger partial charge in [0.1, 0.15) is 23.5 Å². The van der Waals surface area contributed by atoms with E-state index in [9.17, 15) is 0 Å². The molecule has 19 heavy (non-hydrogen) atoms. The van der Waals surface area contributed by atoms with E-state index >= 15 is 0 Å². The van der Waals surface area contributed by atoms with Gasteiger partial charge in [-0.1, -0.05) is 58.0 Å². The van der Waals surface area contributed by atoms with Crippen LogP contribution in [0.2, 0.25) is 10.0 Å². The lowest BCUT2D eigenvalue weighted by atomic mass is 10.3. The Morgan fingerprint density at radius 1 is 1.05 bits per heavy atom. The summed E-state index contributed by atoms with van der Waals surface area (Å²) in [6.45, 7) is 0.484. The van der Waals surface area contributed by atoms with Crippen LogP contribution in [-0.4, -0.2) is 13.2 Å². The van der Waals surface area contributed by atoms with Crippen LogP contribution < -0.4 is 9.47 Å². The minimum atomic E-state index is 0.130. The molecule has 0 aliphatic rings. The van der Waals surface area contributed by atoms with Crippen molar-refractivity contribution in [2.45, 2.75) is 0 Å². The van der Waals surface area contributed by atoms with Crippen LogP contribution in [-0.2, 0) is 0 Å². The molecule has 0 bridgehead atoms. The first kappa shape index (κ1) is 16.8. The highest BCUT2D eigenvalue weighted by atomic mass is 35.5. The van der Waals surface area contributed by atoms with Gasteiger partial charge in [0.25, 0.3) is 0 Å². The van der Waals surface area contributed by atoms with Gasteiger partial charge in [-0.2, -0.15) is 0 Å². The van der Waals surface area contributed by atoms with Crippen LogP contribution in [0.1, 0.15) is 0 Å². The monoisotopic (exact) mass is 360 g/mol. The highest BCUT2D eigenvalue weighted by Crippen LogP contribution is 2.37. The average molecular weight is 362 g/mol. The Kier molecular flexibility index (Phi) is 7.81. The summed E-state index contributed by atoms with van der Waals surface area (Å²) in [7, 11) is 0. The van der Waals surface area contributed by atoms with Crippen molar-refractivity contribution in [2.75, 3.05) is 13.2 Å². The molecule has 0 radical (unpaired) electrons. The zero-order chi connectivity index (χ0) is 14.3. The van der Waals surface area contributed by atoms with Crippen molar-refractivity contribution in [3.8, 4) is 11.5 Å². The van der Waals surface area contributed by atoms with Gasteiger partial charge in [-0.25, -0.2) is 0 Å². The summed E-state index contributed by atoms with van der Waals surface area (Å²) in [4.78, 5) is 0. The van der Waals surface area contributed by atoms with E-state index < -0.39 is 0 Å². The molecular weight excluding hydrogens is 353 g/mol. The van der Waals surface area contributed by atoms with Crippen LogP contribution in [0, 0.1) is 0 Å². The summed E-state index contributed by atoms with van der Waals surface area (Å²) in [6, 6.07) is 3.17. The van der Waals surface area contributed by atoms with Gasteiger partial charge in [-0.15, -0.1) is 0 Å². The molecule has 0 aliphatic carbocycles. The fourth-order valence-corrected chi connectivity index (χ4v) is 1.90. The van der Waals surface area contributed by atoms with Crippen molar-refractivity contribution >= 4 is 58.0 Å². The van der Waals surface area contributed by atoms with Crippen molar-refractivity contribution in [3.63, 3.8) is 0 Å². The van der Waals surface area contributed by atoms with E-state index in [4.69, 9.17) is 67.5 Å². The predicted octanol–water partition coefficient (Wildman–Crippen LogP) is 5.82. The number of ether oxygens (including phenoxy) is 2. The summed E-state index contributed by atoms with van der Waals surface area (Å²) in [5.41, 5.74) is 1.35. The number of hydrogen-bond donors (Lipinski definition) is 0. The van der Waals surface area contributed by atoms with Crippen molar-refractivity contribution in [3.05, 3.63) is 44.4 Å². The van der Waals surface area contributed by atoms with Gasteiger partial charge >= 0.3 is 0 Å². The topological polar surface area (TPSA) is 18.5 Å². The summed E-state index contributed by atoms with van der Waals surface area (Å²) >= 11 is 28.4. The molecule has 1 rings (SSSR count). The van der Waals surface area contributed by atoms with E-state index in [1.807, 2.05) is 0 Å². The highest BCUT2D eigenvalue weighted by molar-refractivity contribution is 6.55. The Morgan fingerprint density at radius 2 is 1.68 bits per heavy atom. The quantitative estimate of drug-likeness (QED) is 0.634. The summed E-state index contributed by atoms with van der Waals surface area (Å²) < 4.78 is 10.8. The molecule has 0 amide bonds. The maximum Gasteiger partial charge on any atom is 0.157 e. The molecule has 0 atom stereocenters. The van der Waals surface area contributed by atoms with Crippen LogP contribution in [0.4, 0.5) is 0 Å². The smallest absolute Gasteiger partial charge is 0.157 e. The zero-order valence-electron chi connectivity index (χ0n) is 9.51. The molecule has 7 heteroatoms. The Morgan fingerprint density at radius 3 is 2.21 bits per heavy atom. The van der Waals surface area contributed by atoms with Crippen molar-refractivity contribution in [2.24, 2.45) is 0 Å². The standard InChI is InChI=1S/C12H9Cl5O2/c13-3-1-4-19-12-9(14)6-8(7-10(12)15)18-5-2-11(16)17/h1-3,6-7H,4-5H2. The van der Waals surface area contributed by atoms with Gasteiger partial charge in [0, 0.05) is 17.7 Å². The van der Waals surface area contributed by atoms with Crippen LogP contribution in [0.3, 0.4) is 0 Å². The lowest BCUT2D eigenvalue weighted by molar-refractivity contribution is 0.353. The molecule has 104 valence electrons. The van der Waals surface area contributed by atoms with Crippen molar-refractivity contribution in [1.29, 1.82) is 0 Å². The molecule has 0 fully saturated rings. The minimum absolute atomic E-state index is 0.130. The Labute approximate surface area is 136 Å². The van der Waals surface area contributed by atoms with Crippen LogP contribution >= 0.6 is 58.0 Å². The third kappa shape index (κ3) is 6.15. The lowest BCUT2D eigenvalue weighted by Crippen LogP contribution is -1.97. The zero-order valence-corrected chi connectivity index (χ0v) is 13.3. The van der Waals surface area contributed by atoms with Gasteiger partial charge in [0.2, 0.25) is 0 Å². The molecular formula is C12H9Cl5O2. The normalized spacial score (nSPS) is 10.6. The fourth-order valence-electron chi connectivity index (χ4n) is 1.13. The Bertz CT molecular complexity index is 458. The van der Waals surface area contributed by atoms with E-state index in [-0.39, 0.29) is 17.7 Å². The minimum Gasteiger partial charge on any atom is -0.489 e. The maximum absolute atomic E-state index is 6.04. The molecule has 0 saturated carbocycles. The molecule has 1 aromatic carbocycles. The summed E-state index contributed by atoms with van der Waals surface area (Å²) in [6.07, 6.45) is 3.12. The van der Waals surface area contributed by atoms with E-state index in [1.54, 1.807) is 18.2 Å². The Hall–Kier alpha value is -0.250. The van der Waals surface area contributed by atoms with Gasteiger partial charge in [0.15, 0.2) is 5.75 Å². The molecule has 1 aromatic rings. The van der Waals surface area contributed by atoms with Crippen molar-refractivity contribution in [1.82, 2.24) is 0 Å². The molecule has 0 unspecified atom stereocenters. The lowest BCUT2D eigenvalue weighted by Gasteiger charge is -2.10. The predicted molar refractivity (Wildman–Crippen MR) is 82.2 cm³/mol. The van der Waals surface area contributed by atoms with E-state index in [1.165, 1.54) is 11.6 Å². The largest absolute Gasteiger partial charge is 0.489 e. The van der Waals surface area contributed by atoms with Gasteiger partial charge < -0.3 is 9.47 Å². The van der Waals surface area contributed by atoms with E-state index in [0.717, 1.165) is 0 Å². The first-order chi connectivity index (χ1) is 9.04. The molecule has 0 aliphatic heterocycles. The van der Waals surface area contributed by atoms with Crippen LogP contribution in [0.15, 0.2) is 34.3 Å². The molecule has 0 aromatic heterocycles. The summed E-state index contributed by atoms with van der Waals surface area (Å²) in [5, 5.41) is 0.679. The average Bonchev–Trinajstić information content (AvgIpc) is 2.32. The first-order valence-electron chi connectivity index (χ1n) is 5.05. The highest BCUT2D eigenvalue weighted by Gasteiger charge is 2.10. The van der Waals surface area contributed by atoms with Crippen LogP contribution in [0.25, 0.3) is 0 Å². The second kappa shape index (κ2) is 8.83. The van der Waals surface area contributed by atoms with Gasteiger partial charge in [0.05, 0.1) is 10.0 Å². The number of benzene rings is 1.